The SMILES string of the molecule is CCC1(CC)CN(c2cnn(-c3ccc(C)c(Cl)c3)c(=O)c2Cl)CCS1=O. The lowest BCUT2D eigenvalue weighted by atomic mass is 10.0. The lowest BCUT2D eigenvalue weighted by molar-refractivity contribution is 0.495. The topological polar surface area (TPSA) is 55.2 Å². The summed E-state index contributed by atoms with van der Waals surface area (Å²) in [7, 11) is -0.885. The Morgan fingerprint density at radius 3 is 2.59 bits per heavy atom. The van der Waals surface area contributed by atoms with E-state index in [1.807, 2.05) is 17.9 Å². The molecular weight excluding hydrogens is 405 g/mol. The van der Waals surface area contributed by atoms with E-state index >= 15 is 0 Å². The van der Waals surface area contributed by atoms with Crippen molar-refractivity contribution in [3.8, 4) is 5.69 Å². The highest BCUT2D eigenvalue weighted by molar-refractivity contribution is 7.86. The third-order valence-electron chi connectivity index (χ3n) is 5.44. The number of aryl methyl sites for hydroxylation is 1. The van der Waals surface area contributed by atoms with Crippen LogP contribution in [-0.4, -0.2) is 37.6 Å². The van der Waals surface area contributed by atoms with Crippen molar-refractivity contribution in [3.63, 3.8) is 0 Å². The maximum Gasteiger partial charge on any atom is 0.292 e. The van der Waals surface area contributed by atoms with Crippen LogP contribution >= 0.6 is 23.2 Å². The normalized spacial score (nSPS) is 19.3. The van der Waals surface area contributed by atoms with Crippen LogP contribution < -0.4 is 10.5 Å². The van der Waals surface area contributed by atoms with Crippen molar-refractivity contribution >= 4 is 39.7 Å². The third-order valence-corrected chi connectivity index (χ3v) is 8.43. The zero-order chi connectivity index (χ0) is 19.8. The molecule has 1 aliphatic heterocycles. The lowest BCUT2D eigenvalue weighted by Gasteiger charge is -2.42. The number of rotatable bonds is 4. The van der Waals surface area contributed by atoms with Gasteiger partial charge in [-0.25, -0.2) is 0 Å². The van der Waals surface area contributed by atoms with Gasteiger partial charge >= 0.3 is 0 Å². The number of anilines is 1. The fourth-order valence-corrected chi connectivity index (χ4v) is 5.64. The van der Waals surface area contributed by atoms with E-state index in [4.69, 9.17) is 23.2 Å². The van der Waals surface area contributed by atoms with Crippen molar-refractivity contribution in [3.05, 3.63) is 50.4 Å². The number of aromatic nitrogens is 2. The molecule has 1 fully saturated rings. The fourth-order valence-electron chi connectivity index (χ4n) is 3.45. The van der Waals surface area contributed by atoms with E-state index in [2.05, 4.69) is 18.9 Å². The monoisotopic (exact) mass is 427 g/mol. The molecule has 5 nitrogen and oxygen atoms in total. The van der Waals surface area contributed by atoms with Crippen molar-refractivity contribution in [1.82, 2.24) is 9.78 Å². The van der Waals surface area contributed by atoms with E-state index in [1.165, 1.54) is 4.68 Å². The molecule has 0 amide bonds. The first-order chi connectivity index (χ1) is 12.8. The molecule has 146 valence electrons. The molecule has 1 saturated heterocycles. The van der Waals surface area contributed by atoms with Crippen LogP contribution in [-0.2, 0) is 10.8 Å². The Balaban J connectivity index is 1.99. The molecule has 8 heteroatoms. The van der Waals surface area contributed by atoms with Crippen LogP contribution in [0.4, 0.5) is 5.69 Å². The minimum atomic E-state index is -0.885. The summed E-state index contributed by atoms with van der Waals surface area (Å²) in [6.07, 6.45) is 3.25. The highest BCUT2D eigenvalue weighted by atomic mass is 35.5. The van der Waals surface area contributed by atoms with Gasteiger partial charge in [0.1, 0.15) is 5.02 Å². The van der Waals surface area contributed by atoms with Gasteiger partial charge in [0.2, 0.25) is 0 Å². The van der Waals surface area contributed by atoms with E-state index in [0.29, 0.717) is 35.2 Å². The summed E-state index contributed by atoms with van der Waals surface area (Å²) in [6, 6.07) is 5.32. The van der Waals surface area contributed by atoms with Gasteiger partial charge in [0.25, 0.3) is 5.56 Å². The zero-order valence-electron chi connectivity index (χ0n) is 15.7. The molecule has 1 aromatic carbocycles. The molecule has 3 rings (SSSR count). The Kier molecular flexibility index (Phi) is 5.99. The number of hydrogen-bond donors (Lipinski definition) is 0. The summed E-state index contributed by atoms with van der Waals surface area (Å²) < 4.78 is 13.5. The minimum Gasteiger partial charge on any atom is -0.366 e. The second kappa shape index (κ2) is 7.94. The molecule has 27 heavy (non-hydrogen) atoms. The maximum atomic E-state index is 12.8. The molecule has 0 spiro atoms. The Morgan fingerprint density at radius 1 is 1.26 bits per heavy atom. The van der Waals surface area contributed by atoms with Gasteiger partial charge in [-0.1, -0.05) is 43.1 Å². The molecule has 2 heterocycles. The lowest BCUT2D eigenvalue weighted by Crippen LogP contribution is -2.53. The number of benzene rings is 1. The van der Waals surface area contributed by atoms with Gasteiger partial charge < -0.3 is 4.90 Å². The standard InChI is InChI=1S/C19H23Cl2N3O2S/c1-4-19(5-2)12-23(8-9-27(19)26)16-11-22-24(18(25)17(16)21)14-7-6-13(3)15(20)10-14/h6-7,10-11H,4-5,8-9,12H2,1-3H3. The first-order valence-electron chi connectivity index (χ1n) is 9.00. The highest BCUT2D eigenvalue weighted by Gasteiger charge is 2.39. The molecule has 0 radical (unpaired) electrons. The smallest absolute Gasteiger partial charge is 0.292 e. The first kappa shape index (κ1) is 20.4. The van der Waals surface area contributed by atoms with Gasteiger partial charge in [-0.3, -0.25) is 9.00 Å². The van der Waals surface area contributed by atoms with Gasteiger partial charge in [-0.05, 0) is 37.5 Å². The van der Waals surface area contributed by atoms with Gasteiger partial charge in [-0.15, -0.1) is 0 Å². The Morgan fingerprint density at radius 2 is 1.96 bits per heavy atom. The molecular formula is C19H23Cl2N3O2S. The van der Waals surface area contributed by atoms with Crippen molar-refractivity contribution in [1.29, 1.82) is 0 Å². The summed E-state index contributed by atoms with van der Waals surface area (Å²) in [6.45, 7) is 7.21. The third kappa shape index (κ3) is 3.67. The predicted molar refractivity (Wildman–Crippen MR) is 113 cm³/mol. The van der Waals surface area contributed by atoms with E-state index in [9.17, 15) is 9.00 Å². The molecule has 1 aliphatic rings. The van der Waals surface area contributed by atoms with E-state index in [1.54, 1.807) is 18.3 Å². The van der Waals surface area contributed by atoms with Crippen LogP contribution in [0.5, 0.6) is 0 Å². The second-order valence-electron chi connectivity index (χ2n) is 6.86. The molecule has 1 aromatic heterocycles. The van der Waals surface area contributed by atoms with Crippen molar-refractivity contribution < 1.29 is 4.21 Å². The van der Waals surface area contributed by atoms with Crippen LogP contribution in [0, 0.1) is 6.92 Å². The van der Waals surface area contributed by atoms with Crippen molar-refractivity contribution in [2.45, 2.75) is 38.4 Å². The molecule has 2 aromatic rings. The quantitative estimate of drug-likeness (QED) is 0.740. The average molecular weight is 428 g/mol. The van der Waals surface area contributed by atoms with Crippen molar-refractivity contribution in [2.75, 3.05) is 23.7 Å². The molecule has 1 atom stereocenters. The largest absolute Gasteiger partial charge is 0.366 e. The first-order valence-corrected chi connectivity index (χ1v) is 11.1. The molecule has 0 saturated carbocycles. The maximum absolute atomic E-state index is 12.8. The Hall–Kier alpha value is -1.37. The number of hydrogen-bond acceptors (Lipinski definition) is 4. The summed E-state index contributed by atoms with van der Waals surface area (Å²) in [5.74, 6) is 0.564. The zero-order valence-corrected chi connectivity index (χ0v) is 18.0. The van der Waals surface area contributed by atoms with Crippen LogP contribution in [0.3, 0.4) is 0 Å². The second-order valence-corrected chi connectivity index (χ2v) is 9.61. The van der Waals surface area contributed by atoms with Gasteiger partial charge in [0, 0.05) is 34.7 Å². The molecule has 0 bridgehead atoms. The van der Waals surface area contributed by atoms with Gasteiger partial charge in [-0.2, -0.15) is 9.78 Å². The summed E-state index contributed by atoms with van der Waals surface area (Å²) in [5.41, 5.74) is 1.70. The Bertz CT molecular complexity index is 941. The molecule has 0 aliphatic carbocycles. The number of halogens is 2. The van der Waals surface area contributed by atoms with Crippen LogP contribution in [0.2, 0.25) is 10.0 Å². The van der Waals surface area contributed by atoms with Gasteiger partial charge in [0.05, 0.1) is 22.3 Å². The van der Waals surface area contributed by atoms with E-state index in [0.717, 1.165) is 18.4 Å². The Labute approximate surface area is 171 Å². The fraction of sp³-hybridized carbons (Fsp3) is 0.474. The molecule has 1 unspecified atom stereocenters. The summed E-state index contributed by atoms with van der Waals surface area (Å²) in [4.78, 5) is 14.9. The number of nitrogens with zero attached hydrogens (tertiary/aromatic N) is 3. The molecule has 0 N–H and O–H groups in total. The van der Waals surface area contributed by atoms with Crippen LogP contribution in [0.1, 0.15) is 32.3 Å². The van der Waals surface area contributed by atoms with Crippen LogP contribution in [0.25, 0.3) is 5.69 Å². The summed E-state index contributed by atoms with van der Waals surface area (Å²) >= 11 is 12.6. The predicted octanol–water partition coefficient (Wildman–Crippen LogP) is 3.98. The van der Waals surface area contributed by atoms with Crippen molar-refractivity contribution in [2.24, 2.45) is 0 Å². The van der Waals surface area contributed by atoms with E-state index in [-0.39, 0.29) is 15.3 Å². The minimum absolute atomic E-state index is 0.121. The van der Waals surface area contributed by atoms with Crippen LogP contribution in [0.15, 0.2) is 29.2 Å². The summed E-state index contributed by atoms with van der Waals surface area (Å²) in [5, 5.41) is 5.00. The van der Waals surface area contributed by atoms with E-state index < -0.39 is 10.8 Å². The highest BCUT2D eigenvalue weighted by Crippen LogP contribution is 2.33. The van der Waals surface area contributed by atoms with Gasteiger partial charge in [0.15, 0.2) is 0 Å². The average Bonchev–Trinajstić information content (AvgIpc) is 2.67.